The van der Waals surface area contributed by atoms with Crippen LogP contribution in [0.3, 0.4) is 0 Å². The smallest absolute Gasteiger partial charge is 0.252 e. The number of halogens is 2. The Morgan fingerprint density at radius 1 is 1.25 bits per heavy atom. The van der Waals surface area contributed by atoms with E-state index in [1.807, 2.05) is 0 Å². The van der Waals surface area contributed by atoms with Gasteiger partial charge in [-0.3, -0.25) is 4.79 Å². The first-order chi connectivity index (χ1) is 11.4. The van der Waals surface area contributed by atoms with Crippen molar-refractivity contribution in [3.63, 3.8) is 0 Å². The number of carbonyl (C=O) groups is 2. The lowest BCUT2D eigenvalue weighted by Crippen LogP contribution is -2.42. The first-order valence-corrected chi connectivity index (χ1v) is 7.44. The molecule has 3 N–H and O–H groups in total. The molecule has 5 nitrogen and oxygen atoms in total. The molecule has 0 saturated carbocycles. The lowest BCUT2D eigenvalue weighted by molar-refractivity contribution is -0.139. The van der Waals surface area contributed by atoms with E-state index in [-0.39, 0.29) is 18.4 Å². The molecule has 0 aliphatic heterocycles. The van der Waals surface area contributed by atoms with Gasteiger partial charge in [0.15, 0.2) is 12.4 Å². The molecule has 2 aromatic rings. The lowest BCUT2D eigenvalue weighted by Gasteiger charge is -2.13. The predicted molar refractivity (Wildman–Crippen MR) is 86.8 cm³/mol. The number of aldehydes is 1. The van der Waals surface area contributed by atoms with Crippen molar-refractivity contribution in [2.45, 2.75) is 18.8 Å². The Labute approximate surface area is 142 Å². The van der Waals surface area contributed by atoms with Crippen LogP contribution in [0.1, 0.15) is 5.56 Å². The minimum absolute atomic E-state index is 0.0449. The summed E-state index contributed by atoms with van der Waals surface area (Å²) in [6.07, 6.45) is -3.67. The van der Waals surface area contributed by atoms with Crippen molar-refractivity contribution in [1.29, 1.82) is 0 Å². The monoisotopic (exact) mass is 351 g/mol. The van der Waals surface area contributed by atoms with Gasteiger partial charge in [-0.2, -0.15) is 0 Å². The number of rotatable bonds is 6. The van der Waals surface area contributed by atoms with Gasteiger partial charge in [-0.1, -0.05) is 41.9 Å². The van der Waals surface area contributed by atoms with E-state index in [0.29, 0.717) is 16.1 Å². The molecule has 2 atom stereocenters. The van der Waals surface area contributed by atoms with Crippen LogP contribution in [0.2, 0.25) is 5.02 Å². The fourth-order valence-electron chi connectivity index (χ4n) is 2.07. The number of benzene rings is 2. The topological polar surface area (TPSA) is 86.6 Å². The third-order valence-electron chi connectivity index (χ3n) is 3.42. The summed E-state index contributed by atoms with van der Waals surface area (Å²) in [5, 5.41) is 21.2. The molecular formula is C17H15ClFNO4. The van der Waals surface area contributed by atoms with Crippen LogP contribution in [-0.4, -0.2) is 34.6 Å². The molecule has 2 rings (SSSR count). The molecule has 0 spiro atoms. The summed E-state index contributed by atoms with van der Waals surface area (Å²) in [6, 6.07) is 11.4. The number of aliphatic hydroxyl groups excluding tert-OH is 2. The maximum atomic E-state index is 14.2. The van der Waals surface area contributed by atoms with E-state index in [4.69, 9.17) is 16.7 Å². The molecule has 126 valence electrons. The molecule has 0 saturated heterocycles. The van der Waals surface area contributed by atoms with Crippen LogP contribution >= 0.6 is 11.6 Å². The number of hydrogen-bond acceptors (Lipinski definition) is 4. The van der Waals surface area contributed by atoms with E-state index in [2.05, 4.69) is 5.32 Å². The van der Waals surface area contributed by atoms with Crippen LogP contribution in [0, 0.1) is 5.82 Å². The maximum absolute atomic E-state index is 14.2. The molecule has 0 radical (unpaired) electrons. The summed E-state index contributed by atoms with van der Waals surface area (Å²) in [6.45, 7) is -0.198. The van der Waals surface area contributed by atoms with Gasteiger partial charge < -0.3 is 20.3 Å². The lowest BCUT2D eigenvalue weighted by atomic mass is 10.0. The summed E-state index contributed by atoms with van der Waals surface area (Å²) in [5.74, 6) is -1.53. The summed E-state index contributed by atoms with van der Waals surface area (Å²) < 4.78 is 14.2. The van der Waals surface area contributed by atoms with Crippen LogP contribution in [0.5, 0.6) is 0 Å². The molecule has 7 heteroatoms. The van der Waals surface area contributed by atoms with Gasteiger partial charge in [-0.05, 0) is 17.7 Å². The van der Waals surface area contributed by atoms with Crippen LogP contribution in [-0.2, 0) is 16.1 Å². The Morgan fingerprint density at radius 3 is 2.58 bits per heavy atom. The van der Waals surface area contributed by atoms with Gasteiger partial charge in [-0.25, -0.2) is 4.39 Å². The second-order valence-corrected chi connectivity index (χ2v) is 5.48. The summed E-state index contributed by atoms with van der Waals surface area (Å²) >= 11 is 6.07. The zero-order valence-corrected chi connectivity index (χ0v) is 13.2. The van der Waals surface area contributed by atoms with Crippen LogP contribution in [0.4, 0.5) is 4.39 Å². The van der Waals surface area contributed by atoms with Crippen LogP contribution < -0.4 is 5.32 Å². The fourth-order valence-corrected chi connectivity index (χ4v) is 2.31. The molecule has 0 aliphatic carbocycles. The predicted octanol–water partition coefficient (Wildman–Crippen LogP) is 1.68. The highest BCUT2D eigenvalue weighted by Crippen LogP contribution is 2.28. The highest BCUT2D eigenvalue weighted by molar-refractivity contribution is 6.33. The first kappa shape index (κ1) is 18.1. The van der Waals surface area contributed by atoms with Crippen molar-refractivity contribution < 1.29 is 24.2 Å². The van der Waals surface area contributed by atoms with Gasteiger partial charge >= 0.3 is 0 Å². The molecule has 0 aromatic heterocycles. The highest BCUT2D eigenvalue weighted by Gasteiger charge is 2.23. The SMILES string of the molecule is O=C[C@H](O)[C@@H](O)C(=O)NCc1ccc(-c2ccccc2Cl)cc1F. The summed E-state index contributed by atoms with van der Waals surface area (Å²) in [4.78, 5) is 21.9. The molecule has 0 aliphatic rings. The van der Waals surface area contributed by atoms with E-state index < -0.39 is 23.9 Å². The van der Waals surface area contributed by atoms with Gasteiger partial charge in [0.1, 0.15) is 11.9 Å². The van der Waals surface area contributed by atoms with Crippen molar-refractivity contribution in [3.8, 4) is 11.1 Å². The standard InChI is InChI=1S/C17H15ClFNO4/c18-13-4-2-1-3-12(13)10-5-6-11(14(19)7-10)8-20-17(24)16(23)15(22)9-21/h1-7,9,15-16,22-23H,8H2,(H,20,24)/t15-,16+/m0/s1. The number of nitrogens with one attached hydrogen (secondary N) is 1. The molecule has 0 bridgehead atoms. The van der Waals surface area contributed by atoms with Crippen molar-refractivity contribution >= 4 is 23.8 Å². The summed E-state index contributed by atoms with van der Waals surface area (Å²) in [7, 11) is 0. The van der Waals surface area contributed by atoms with Gasteiger partial charge in [0.05, 0.1) is 0 Å². The molecule has 0 fully saturated rings. The van der Waals surface area contributed by atoms with Crippen molar-refractivity contribution in [3.05, 3.63) is 58.9 Å². The second kappa shape index (κ2) is 8.01. The first-order valence-electron chi connectivity index (χ1n) is 7.06. The molecule has 2 aromatic carbocycles. The zero-order valence-electron chi connectivity index (χ0n) is 12.4. The Morgan fingerprint density at radius 2 is 1.96 bits per heavy atom. The van der Waals surface area contributed by atoms with Gasteiger partial charge in [-0.15, -0.1) is 0 Å². The van der Waals surface area contributed by atoms with Gasteiger partial charge in [0.2, 0.25) is 0 Å². The maximum Gasteiger partial charge on any atom is 0.252 e. The summed E-state index contributed by atoms with van der Waals surface area (Å²) in [5.41, 5.74) is 1.45. The number of aliphatic hydroxyl groups is 2. The minimum atomic E-state index is -1.90. The quantitative estimate of drug-likeness (QED) is 0.691. The average molecular weight is 352 g/mol. The van der Waals surface area contributed by atoms with Crippen molar-refractivity contribution in [1.82, 2.24) is 5.32 Å². The Hall–Kier alpha value is -2.28. The van der Waals surface area contributed by atoms with Gasteiger partial charge in [0, 0.05) is 22.7 Å². The minimum Gasteiger partial charge on any atom is -0.382 e. The van der Waals surface area contributed by atoms with E-state index in [1.165, 1.54) is 12.1 Å². The van der Waals surface area contributed by atoms with E-state index >= 15 is 0 Å². The number of hydrogen-bond donors (Lipinski definition) is 3. The van der Waals surface area contributed by atoms with Crippen molar-refractivity contribution in [2.24, 2.45) is 0 Å². The van der Waals surface area contributed by atoms with Crippen molar-refractivity contribution in [2.75, 3.05) is 0 Å². The third kappa shape index (κ3) is 4.17. The van der Waals surface area contributed by atoms with Crippen LogP contribution in [0.15, 0.2) is 42.5 Å². The molecule has 0 unspecified atom stereocenters. The number of carbonyl (C=O) groups excluding carboxylic acids is 2. The molecule has 0 heterocycles. The highest BCUT2D eigenvalue weighted by atomic mass is 35.5. The largest absolute Gasteiger partial charge is 0.382 e. The van der Waals surface area contributed by atoms with Crippen LogP contribution in [0.25, 0.3) is 11.1 Å². The van der Waals surface area contributed by atoms with E-state index in [9.17, 15) is 19.1 Å². The normalized spacial score (nSPS) is 13.2. The van der Waals surface area contributed by atoms with Gasteiger partial charge in [0.25, 0.3) is 5.91 Å². The van der Waals surface area contributed by atoms with E-state index in [1.54, 1.807) is 30.3 Å². The Bertz CT molecular complexity index is 753. The fraction of sp³-hybridized carbons (Fsp3) is 0.176. The Kier molecular flexibility index (Phi) is 6.03. The zero-order chi connectivity index (χ0) is 17.7. The molecular weight excluding hydrogens is 337 g/mol. The van der Waals surface area contributed by atoms with E-state index in [0.717, 1.165) is 0 Å². The molecule has 1 amide bonds. The Balaban J connectivity index is 2.10. The average Bonchev–Trinajstić information content (AvgIpc) is 2.59. The second-order valence-electron chi connectivity index (χ2n) is 5.08. The molecule has 24 heavy (non-hydrogen) atoms. The number of amides is 1. The third-order valence-corrected chi connectivity index (χ3v) is 3.75.